The summed E-state index contributed by atoms with van der Waals surface area (Å²) in [5.74, 6) is -4.61. The molecule has 15 heteroatoms. The van der Waals surface area contributed by atoms with Crippen LogP contribution in [0.5, 0.6) is 0 Å². The molecule has 3 rings (SSSR count). The van der Waals surface area contributed by atoms with E-state index in [1.807, 2.05) is 0 Å². The number of nitrogens with zero attached hydrogens (tertiary/aromatic N) is 1. The van der Waals surface area contributed by atoms with Crippen molar-refractivity contribution in [3.8, 4) is 0 Å². The summed E-state index contributed by atoms with van der Waals surface area (Å²) >= 11 is 0. The van der Waals surface area contributed by atoms with Gasteiger partial charge in [0.05, 0.1) is 59.8 Å². The van der Waals surface area contributed by atoms with Crippen molar-refractivity contribution in [2.45, 2.75) is 192 Å². The van der Waals surface area contributed by atoms with Gasteiger partial charge in [0.25, 0.3) is 0 Å². The lowest BCUT2D eigenvalue weighted by Crippen LogP contribution is -2.61. The Balaban J connectivity index is 2.19. The second-order valence-electron chi connectivity index (χ2n) is 16.9. The molecule has 3 aliphatic rings. The number of methoxy groups -OCH3 is 1. The van der Waals surface area contributed by atoms with Crippen LogP contribution in [0.15, 0.2) is 0 Å². The lowest BCUT2D eigenvalue weighted by Gasteiger charge is -2.49. The molecule has 310 valence electrons. The summed E-state index contributed by atoms with van der Waals surface area (Å²) in [6, 6.07) is -0.668. The minimum absolute atomic E-state index is 0.0720. The van der Waals surface area contributed by atoms with Crippen LogP contribution >= 0.6 is 0 Å². The van der Waals surface area contributed by atoms with Gasteiger partial charge in [0.2, 0.25) is 5.91 Å². The molecule has 1 amide bonds. The number of aliphatic hydroxyl groups excluding tert-OH is 4. The van der Waals surface area contributed by atoms with Crippen LogP contribution in [0, 0.1) is 23.7 Å². The zero-order valence-corrected chi connectivity index (χ0v) is 34.0. The third-order valence-corrected chi connectivity index (χ3v) is 12.4. The third-order valence-electron chi connectivity index (χ3n) is 12.4. The molecule has 0 aliphatic carbocycles. The fourth-order valence-electron chi connectivity index (χ4n) is 8.69. The Bertz CT molecular complexity index is 1220. The zero-order chi connectivity index (χ0) is 40.5. The first-order chi connectivity index (χ1) is 24.3. The second kappa shape index (κ2) is 17.7. The Morgan fingerprint density at radius 2 is 1.51 bits per heavy atom. The van der Waals surface area contributed by atoms with Crippen molar-refractivity contribution < 1.29 is 68.6 Å². The highest BCUT2D eigenvalue weighted by Gasteiger charge is 2.53. The summed E-state index contributed by atoms with van der Waals surface area (Å²) in [6.45, 7) is 17.7. The van der Waals surface area contributed by atoms with Crippen LogP contribution in [0.2, 0.25) is 0 Å². The number of carbonyl (C=O) groups excluding carboxylic acids is 2. The molecule has 0 saturated carbocycles. The maximum Gasteiger partial charge on any atom is 0.311 e. The van der Waals surface area contributed by atoms with E-state index in [1.165, 1.54) is 32.8 Å². The number of likely N-dealkylation sites (N-methyl/N-ethyl adjacent to an activating group) is 1. The van der Waals surface area contributed by atoms with Crippen LogP contribution < -0.4 is 0 Å². The van der Waals surface area contributed by atoms with Gasteiger partial charge in [-0.1, -0.05) is 27.7 Å². The maximum absolute atomic E-state index is 14.1. The number of hydrogen-bond acceptors (Lipinski definition) is 14. The van der Waals surface area contributed by atoms with Gasteiger partial charge in [0.15, 0.2) is 12.6 Å². The van der Waals surface area contributed by atoms with E-state index in [-0.39, 0.29) is 25.2 Å². The SMILES string of the molecule is CC[C@H]1OC(=O)[C@H](C)[C@@H](O[C@H]2C[C@@](C)(OC)[C@@H](O)[C@H](C)O2)[C@H](C)[C@@H](O[C@@H]2O[C@H](C)C[C@H](N(C)C(C)=O)[C@H]2O)C(C)(O)C[C@@H](C)[C@H](O)[C@H](C)[C@@H](O)[C@]1(C)O. The number of amides is 1. The van der Waals surface area contributed by atoms with Gasteiger partial charge < -0.3 is 64.0 Å². The van der Waals surface area contributed by atoms with Gasteiger partial charge in [-0.3, -0.25) is 9.59 Å². The molecule has 3 fully saturated rings. The van der Waals surface area contributed by atoms with Gasteiger partial charge in [0.1, 0.15) is 23.9 Å². The Morgan fingerprint density at radius 3 is 2.06 bits per heavy atom. The molecule has 0 aromatic heterocycles. The van der Waals surface area contributed by atoms with Crippen molar-refractivity contribution >= 4 is 11.9 Å². The molecule has 0 spiro atoms. The quantitative estimate of drug-likeness (QED) is 0.203. The van der Waals surface area contributed by atoms with Gasteiger partial charge in [-0.15, -0.1) is 0 Å². The summed E-state index contributed by atoms with van der Waals surface area (Å²) in [6.07, 6.45) is -11.7. The molecule has 19 atom stereocenters. The number of ether oxygens (including phenoxy) is 6. The Morgan fingerprint density at radius 1 is 0.906 bits per heavy atom. The van der Waals surface area contributed by atoms with Crippen molar-refractivity contribution in [3.05, 3.63) is 0 Å². The number of cyclic esters (lactones) is 1. The number of esters is 1. The highest BCUT2D eigenvalue weighted by atomic mass is 16.7. The number of aliphatic hydroxyl groups is 6. The zero-order valence-electron chi connectivity index (χ0n) is 34.0. The molecule has 3 aliphatic heterocycles. The minimum atomic E-state index is -1.96. The first kappa shape index (κ1) is 45.9. The van der Waals surface area contributed by atoms with E-state index in [0.717, 1.165) is 0 Å². The van der Waals surface area contributed by atoms with E-state index in [9.17, 15) is 40.2 Å². The first-order valence-corrected chi connectivity index (χ1v) is 19.1. The summed E-state index contributed by atoms with van der Waals surface area (Å²) in [4.78, 5) is 27.9. The van der Waals surface area contributed by atoms with Crippen molar-refractivity contribution in [2.24, 2.45) is 23.7 Å². The van der Waals surface area contributed by atoms with Crippen molar-refractivity contribution in [3.63, 3.8) is 0 Å². The van der Waals surface area contributed by atoms with Crippen LogP contribution in [0.25, 0.3) is 0 Å². The van der Waals surface area contributed by atoms with Gasteiger partial charge in [0, 0.05) is 39.3 Å². The monoisotopic (exact) mass is 763 g/mol. The predicted molar refractivity (Wildman–Crippen MR) is 192 cm³/mol. The molecule has 1 unspecified atom stereocenters. The largest absolute Gasteiger partial charge is 0.459 e. The molecule has 3 heterocycles. The molecule has 0 radical (unpaired) electrons. The lowest BCUT2D eigenvalue weighted by molar-refractivity contribution is -0.318. The van der Waals surface area contributed by atoms with Gasteiger partial charge in [-0.05, 0) is 66.7 Å². The van der Waals surface area contributed by atoms with Crippen molar-refractivity contribution in [2.75, 3.05) is 14.2 Å². The molecule has 6 N–H and O–H groups in total. The van der Waals surface area contributed by atoms with E-state index in [2.05, 4.69) is 0 Å². The lowest BCUT2D eigenvalue weighted by atomic mass is 9.73. The molecule has 3 saturated heterocycles. The van der Waals surface area contributed by atoms with Crippen LogP contribution in [0.1, 0.15) is 102 Å². The standard InChI is InChI=1S/C38H69NO14/c1-14-26-38(11,47)31(43)20(4)28(41)18(2)16-36(9,46)33(53-35-29(42)25(15-19(3)49-35)39(12)24(8)40)21(5)30(22(6)34(45)51-26)52-27-17-37(10,48-13)32(44)23(7)50-27/h18-23,25-33,35,41-44,46-47H,14-17H2,1-13H3/t18-,19-,20+,21+,22-,23+,25+,26-,27+,28+,29-,30+,31-,32+,33-,35+,36?,37-,38-/m1/s1. The van der Waals surface area contributed by atoms with Crippen LogP contribution in [0.3, 0.4) is 0 Å². The number of rotatable bonds is 7. The van der Waals surface area contributed by atoms with Gasteiger partial charge in [-0.25, -0.2) is 0 Å². The van der Waals surface area contributed by atoms with Crippen LogP contribution in [-0.2, 0) is 38.0 Å². The smallest absolute Gasteiger partial charge is 0.311 e. The predicted octanol–water partition coefficient (Wildman–Crippen LogP) is 1.49. The van der Waals surface area contributed by atoms with E-state index < -0.39 is 120 Å². The second-order valence-corrected chi connectivity index (χ2v) is 16.9. The number of hydrogen-bond donors (Lipinski definition) is 6. The number of carbonyl (C=O) groups is 2. The fraction of sp³-hybridized carbons (Fsp3) is 0.947. The average molecular weight is 764 g/mol. The highest BCUT2D eigenvalue weighted by molar-refractivity contribution is 5.73. The molecule has 0 aromatic carbocycles. The van der Waals surface area contributed by atoms with Crippen LogP contribution in [-0.4, -0.2) is 152 Å². The minimum Gasteiger partial charge on any atom is -0.459 e. The molecule has 53 heavy (non-hydrogen) atoms. The van der Waals surface area contributed by atoms with Gasteiger partial charge >= 0.3 is 5.97 Å². The highest BCUT2D eigenvalue weighted by Crippen LogP contribution is 2.41. The van der Waals surface area contributed by atoms with E-state index >= 15 is 0 Å². The molecule has 0 aromatic rings. The molecular weight excluding hydrogens is 694 g/mol. The summed E-state index contributed by atoms with van der Waals surface area (Å²) in [5.41, 5.74) is -4.84. The molecule has 15 nitrogen and oxygen atoms in total. The average Bonchev–Trinajstić information content (AvgIpc) is 3.08. The van der Waals surface area contributed by atoms with E-state index in [0.29, 0.717) is 6.42 Å². The molecule has 0 bridgehead atoms. The van der Waals surface area contributed by atoms with E-state index in [1.54, 1.807) is 62.4 Å². The van der Waals surface area contributed by atoms with Crippen molar-refractivity contribution in [1.82, 2.24) is 4.90 Å². The Labute approximate surface area is 315 Å². The topological polar surface area (TPSA) is 214 Å². The maximum atomic E-state index is 14.1. The first-order valence-electron chi connectivity index (χ1n) is 19.1. The van der Waals surface area contributed by atoms with E-state index in [4.69, 9.17) is 28.4 Å². The summed E-state index contributed by atoms with van der Waals surface area (Å²) in [7, 11) is 3.05. The normalized spacial score (nSPS) is 49.5. The fourth-order valence-corrected chi connectivity index (χ4v) is 8.69. The Kier molecular flexibility index (Phi) is 15.4. The Hall–Kier alpha value is -1.50. The van der Waals surface area contributed by atoms with Crippen molar-refractivity contribution in [1.29, 1.82) is 0 Å². The summed E-state index contributed by atoms with van der Waals surface area (Å²) < 4.78 is 37.1. The van der Waals surface area contributed by atoms with Gasteiger partial charge in [-0.2, -0.15) is 0 Å². The van der Waals surface area contributed by atoms with Crippen LogP contribution in [0.4, 0.5) is 0 Å². The third kappa shape index (κ3) is 9.91. The summed E-state index contributed by atoms with van der Waals surface area (Å²) in [5, 5.41) is 69.5. The molecular formula is C38H69NO14.